The van der Waals surface area contributed by atoms with E-state index < -0.39 is 0 Å². The lowest BCUT2D eigenvalue weighted by Crippen LogP contribution is -2.29. The van der Waals surface area contributed by atoms with E-state index in [4.69, 9.17) is 9.47 Å². The molecule has 0 spiro atoms. The number of amides is 1. The second-order valence-electron chi connectivity index (χ2n) is 6.31. The van der Waals surface area contributed by atoms with Crippen LogP contribution in [0.3, 0.4) is 0 Å². The molecule has 1 atom stereocenters. The van der Waals surface area contributed by atoms with E-state index in [0.717, 1.165) is 16.2 Å². The standard InChI is InChI=1S/C23H24N2O3S/c1-27-19-12-11-17(16-20(19)28-2)13-15-25-23(26)22(18-8-4-3-5-9-18)29-21-10-6-7-14-24-21/h3-12,14,16,22H,13,15H2,1-2H3,(H,25,26)/t22-/m0/s1. The van der Waals surface area contributed by atoms with Gasteiger partial charge in [0.05, 0.1) is 19.2 Å². The lowest BCUT2D eigenvalue weighted by molar-refractivity contribution is -0.120. The SMILES string of the molecule is COc1ccc(CCNC(=O)[C@@H](Sc2ccccn2)c2ccccc2)cc1OC. The number of benzene rings is 2. The Hall–Kier alpha value is -2.99. The van der Waals surface area contributed by atoms with E-state index in [2.05, 4.69) is 10.3 Å². The minimum absolute atomic E-state index is 0.0349. The Morgan fingerprint density at radius 2 is 1.76 bits per heavy atom. The fourth-order valence-electron chi connectivity index (χ4n) is 2.90. The summed E-state index contributed by atoms with van der Waals surface area (Å²) in [5, 5.41) is 3.51. The van der Waals surface area contributed by atoms with Crippen molar-refractivity contribution in [3.05, 3.63) is 84.1 Å². The number of rotatable bonds is 9. The zero-order valence-electron chi connectivity index (χ0n) is 16.5. The summed E-state index contributed by atoms with van der Waals surface area (Å²) < 4.78 is 10.6. The molecule has 1 N–H and O–H groups in total. The Bertz CT molecular complexity index is 920. The minimum atomic E-state index is -0.364. The third-order valence-electron chi connectivity index (χ3n) is 4.38. The number of carbonyl (C=O) groups excluding carboxylic acids is 1. The third kappa shape index (κ3) is 5.74. The van der Waals surface area contributed by atoms with Crippen molar-refractivity contribution in [2.75, 3.05) is 20.8 Å². The molecule has 0 saturated heterocycles. The van der Waals surface area contributed by atoms with Crippen molar-refractivity contribution in [2.45, 2.75) is 16.7 Å². The summed E-state index contributed by atoms with van der Waals surface area (Å²) in [7, 11) is 3.23. The summed E-state index contributed by atoms with van der Waals surface area (Å²) in [6.07, 6.45) is 2.43. The molecule has 3 aromatic rings. The Labute approximate surface area is 175 Å². The lowest BCUT2D eigenvalue weighted by Gasteiger charge is -2.17. The summed E-state index contributed by atoms with van der Waals surface area (Å²) >= 11 is 1.45. The number of aromatic nitrogens is 1. The molecule has 0 bridgehead atoms. The molecule has 0 aliphatic carbocycles. The molecule has 0 aliphatic heterocycles. The van der Waals surface area contributed by atoms with Gasteiger partial charge in [-0.3, -0.25) is 4.79 Å². The summed E-state index contributed by atoms with van der Waals surface area (Å²) in [4.78, 5) is 17.3. The highest BCUT2D eigenvalue weighted by Gasteiger charge is 2.22. The van der Waals surface area contributed by atoms with E-state index in [-0.39, 0.29) is 11.2 Å². The van der Waals surface area contributed by atoms with Gasteiger partial charge in [0.15, 0.2) is 11.5 Å². The maximum Gasteiger partial charge on any atom is 0.238 e. The normalized spacial score (nSPS) is 11.5. The number of pyridine rings is 1. The Kier molecular flexibility index (Phi) is 7.53. The van der Waals surface area contributed by atoms with Crippen molar-refractivity contribution in [1.82, 2.24) is 10.3 Å². The minimum Gasteiger partial charge on any atom is -0.493 e. The molecular weight excluding hydrogens is 384 g/mol. The fourth-order valence-corrected chi connectivity index (χ4v) is 3.90. The fraction of sp³-hybridized carbons (Fsp3) is 0.217. The molecule has 0 saturated carbocycles. The van der Waals surface area contributed by atoms with Crippen LogP contribution < -0.4 is 14.8 Å². The molecule has 0 fully saturated rings. The third-order valence-corrected chi connectivity index (χ3v) is 5.58. The van der Waals surface area contributed by atoms with Gasteiger partial charge in [-0.15, -0.1) is 0 Å². The van der Waals surface area contributed by atoms with Gasteiger partial charge in [-0.05, 0) is 41.8 Å². The quantitative estimate of drug-likeness (QED) is 0.535. The highest BCUT2D eigenvalue weighted by molar-refractivity contribution is 8.00. The Morgan fingerprint density at radius 1 is 1.00 bits per heavy atom. The Balaban J connectivity index is 1.65. The predicted molar refractivity (Wildman–Crippen MR) is 116 cm³/mol. The first-order valence-electron chi connectivity index (χ1n) is 9.32. The van der Waals surface area contributed by atoms with E-state index in [1.807, 2.05) is 66.7 Å². The highest BCUT2D eigenvalue weighted by atomic mass is 32.2. The van der Waals surface area contributed by atoms with Gasteiger partial charge in [0.25, 0.3) is 0 Å². The lowest BCUT2D eigenvalue weighted by atomic mass is 10.1. The van der Waals surface area contributed by atoms with Crippen molar-refractivity contribution < 1.29 is 14.3 Å². The van der Waals surface area contributed by atoms with Gasteiger partial charge in [-0.25, -0.2) is 4.98 Å². The maximum absolute atomic E-state index is 13.0. The van der Waals surface area contributed by atoms with Crippen LogP contribution in [-0.4, -0.2) is 31.7 Å². The van der Waals surface area contributed by atoms with Crippen LogP contribution in [0.4, 0.5) is 0 Å². The van der Waals surface area contributed by atoms with Gasteiger partial charge in [-0.1, -0.05) is 54.2 Å². The monoisotopic (exact) mass is 408 g/mol. The second kappa shape index (κ2) is 10.5. The van der Waals surface area contributed by atoms with Crippen LogP contribution in [0.5, 0.6) is 11.5 Å². The van der Waals surface area contributed by atoms with Gasteiger partial charge in [0.1, 0.15) is 5.25 Å². The summed E-state index contributed by atoms with van der Waals surface area (Å²) in [6.45, 7) is 0.528. The van der Waals surface area contributed by atoms with E-state index in [9.17, 15) is 4.79 Å². The van der Waals surface area contributed by atoms with Crippen molar-refractivity contribution in [3.63, 3.8) is 0 Å². The molecule has 29 heavy (non-hydrogen) atoms. The summed E-state index contributed by atoms with van der Waals surface area (Å²) in [6, 6.07) is 21.3. The zero-order chi connectivity index (χ0) is 20.5. The number of hydrogen-bond donors (Lipinski definition) is 1. The van der Waals surface area contributed by atoms with Crippen LogP contribution in [0.2, 0.25) is 0 Å². The van der Waals surface area contributed by atoms with Crippen molar-refractivity contribution in [2.24, 2.45) is 0 Å². The number of nitrogens with zero attached hydrogens (tertiary/aromatic N) is 1. The second-order valence-corrected chi connectivity index (χ2v) is 7.43. The molecule has 0 radical (unpaired) electrons. The molecule has 2 aromatic carbocycles. The van der Waals surface area contributed by atoms with E-state index in [0.29, 0.717) is 24.5 Å². The van der Waals surface area contributed by atoms with Crippen LogP contribution in [0.15, 0.2) is 78.0 Å². The molecule has 0 aliphatic rings. The summed E-state index contributed by atoms with van der Waals surface area (Å²) in [5.41, 5.74) is 2.02. The first-order chi connectivity index (χ1) is 14.2. The number of thioether (sulfide) groups is 1. The Morgan fingerprint density at radius 3 is 2.45 bits per heavy atom. The van der Waals surface area contributed by atoms with Crippen LogP contribution >= 0.6 is 11.8 Å². The molecule has 0 unspecified atom stereocenters. The van der Waals surface area contributed by atoms with Crippen LogP contribution in [0.25, 0.3) is 0 Å². The van der Waals surface area contributed by atoms with Gasteiger partial charge < -0.3 is 14.8 Å². The van der Waals surface area contributed by atoms with E-state index >= 15 is 0 Å². The molecule has 1 aromatic heterocycles. The molecule has 1 heterocycles. The number of methoxy groups -OCH3 is 2. The van der Waals surface area contributed by atoms with E-state index in [1.165, 1.54) is 11.8 Å². The van der Waals surface area contributed by atoms with Crippen molar-refractivity contribution in [1.29, 1.82) is 0 Å². The van der Waals surface area contributed by atoms with Gasteiger partial charge in [-0.2, -0.15) is 0 Å². The average molecular weight is 409 g/mol. The number of nitrogens with one attached hydrogen (secondary N) is 1. The molecule has 3 rings (SSSR count). The topological polar surface area (TPSA) is 60.5 Å². The molecule has 5 nitrogen and oxygen atoms in total. The van der Waals surface area contributed by atoms with E-state index in [1.54, 1.807) is 20.4 Å². The van der Waals surface area contributed by atoms with Crippen LogP contribution in [0.1, 0.15) is 16.4 Å². The first-order valence-corrected chi connectivity index (χ1v) is 10.2. The van der Waals surface area contributed by atoms with Gasteiger partial charge in [0.2, 0.25) is 5.91 Å². The van der Waals surface area contributed by atoms with Crippen LogP contribution in [0, 0.1) is 0 Å². The largest absolute Gasteiger partial charge is 0.493 e. The summed E-state index contributed by atoms with van der Waals surface area (Å²) in [5.74, 6) is 1.34. The molecule has 1 amide bonds. The first kappa shape index (κ1) is 20.7. The van der Waals surface area contributed by atoms with Gasteiger partial charge >= 0.3 is 0 Å². The number of hydrogen-bond acceptors (Lipinski definition) is 5. The smallest absolute Gasteiger partial charge is 0.238 e. The van der Waals surface area contributed by atoms with Crippen molar-refractivity contribution >= 4 is 17.7 Å². The maximum atomic E-state index is 13.0. The number of carbonyl (C=O) groups is 1. The van der Waals surface area contributed by atoms with Gasteiger partial charge in [0, 0.05) is 12.7 Å². The predicted octanol–water partition coefficient (Wildman–Crippen LogP) is 4.29. The highest BCUT2D eigenvalue weighted by Crippen LogP contribution is 2.34. The number of ether oxygens (including phenoxy) is 2. The molecular formula is C23H24N2O3S. The van der Waals surface area contributed by atoms with Crippen LogP contribution in [-0.2, 0) is 11.2 Å². The van der Waals surface area contributed by atoms with Crippen molar-refractivity contribution in [3.8, 4) is 11.5 Å². The molecule has 6 heteroatoms. The zero-order valence-corrected chi connectivity index (χ0v) is 17.3. The molecule has 150 valence electrons. The average Bonchev–Trinajstić information content (AvgIpc) is 2.78.